The lowest BCUT2D eigenvalue weighted by atomic mass is 9.46. The maximum atomic E-state index is 15.3. The molecular formula is C20H33FO3. The highest BCUT2D eigenvalue weighted by Crippen LogP contribution is 2.62. The zero-order valence-corrected chi connectivity index (χ0v) is 15.4. The summed E-state index contributed by atoms with van der Waals surface area (Å²) in [6, 6.07) is 0. The van der Waals surface area contributed by atoms with Crippen molar-refractivity contribution in [3.63, 3.8) is 0 Å². The van der Waals surface area contributed by atoms with Crippen LogP contribution in [0.3, 0.4) is 0 Å². The molecule has 0 aromatic rings. The van der Waals surface area contributed by atoms with E-state index in [2.05, 4.69) is 6.92 Å². The molecule has 0 aliphatic heterocycles. The maximum Gasteiger partial charge on any atom is 0.305 e. The topological polar surface area (TPSA) is 46.5 Å². The first-order chi connectivity index (χ1) is 11.3. The third kappa shape index (κ3) is 3.11. The number of carbonyl (C=O) groups is 1. The van der Waals surface area contributed by atoms with Gasteiger partial charge in [-0.05, 0) is 87.4 Å². The molecule has 0 bridgehead atoms. The molecule has 3 fully saturated rings. The normalized spacial score (nSPS) is 48.3. The van der Waals surface area contributed by atoms with E-state index < -0.39 is 5.67 Å². The molecule has 1 N–H and O–H groups in total. The molecule has 1 unspecified atom stereocenters. The average Bonchev–Trinajstić information content (AvgIpc) is 2.53. The first-order valence-corrected chi connectivity index (χ1v) is 9.71. The number of esters is 1. The summed E-state index contributed by atoms with van der Waals surface area (Å²) in [6.45, 7) is 4.13. The van der Waals surface area contributed by atoms with Gasteiger partial charge in [0, 0.05) is 6.42 Å². The highest BCUT2D eigenvalue weighted by molar-refractivity contribution is 5.69. The molecule has 3 nitrogen and oxygen atoms in total. The monoisotopic (exact) mass is 340 g/mol. The van der Waals surface area contributed by atoms with E-state index in [1.807, 2.05) is 0 Å². The lowest BCUT2D eigenvalue weighted by Gasteiger charge is -2.60. The van der Waals surface area contributed by atoms with Crippen LogP contribution in [0.5, 0.6) is 0 Å². The summed E-state index contributed by atoms with van der Waals surface area (Å²) in [4.78, 5) is 11.6. The number of hydrogen-bond donors (Lipinski definition) is 1. The Bertz CT molecular complexity index is 478. The SMILES string of the molecule is COC(=O)CC[C@H]1[C@@H]2CC[C@H]3C[C@@H](O)CC[C@]3(C)[C@H]2CCC1(C)F. The van der Waals surface area contributed by atoms with Crippen LogP contribution < -0.4 is 0 Å². The van der Waals surface area contributed by atoms with E-state index in [-0.39, 0.29) is 23.4 Å². The summed E-state index contributed by atoms with van der Waals surface area (Å²) >= 11 is 0. The minimum absolute atomic E-state index is 0.0417. The Hall–Kier alpha value is -0.640. The van der Waals surface area contributed by atoms with E-state index in [4.69, 9.17) is 4.74 Å². The molecule has 3 aliphatic carbocycles. The predicted molar refractivity (Wildman–Crippen MR) is 91.2 cm³/mol. The molecule has 0 radical (unpaired) electrons. The number of carbonyl (C=O) groups excluding carboxylic acids is 1. The van der Waals surface area contributed by atoms with Crippen molar-refractivity contribution in [1.82, 2.24) is 0 Å². The number of fused-ring (bicyclic) bond motifs is 3. The molecule has 0 aromatic heterocycles. The Balaban J connectivity index is 1.79. The van der Waals surface area contributed by atoms with Gasteiger partial charge in [-0.25, -0.2) is 4.39 Å². The smallest absolute Gasteiger partial charge is 0.305 e. The van der Waals surface area contributed by atoms with E-state index in [1.54, 1.807) is 6.92 Å². The highest BCUT2D eigenvalue weighted by Gasteiger charge is 2.57. The lowest BCUT2D eigenvalue weighted by Crippen LogP contribution is -2.55. The number of aliphatic hydroxyl groups is 1. The van der Waals surface area contributed by atoms with E-state index in [1.165, 1.54) is 7.11 Å². The van der Waals surface area contributed by atoms with Crippen molar-refractivity contribution in [2.75, 3.05) is 7.11 Å². The number of aliphatic hydroxyl groups excluding tert-OH is 1. The van der Waals surface area contributed by atoms with Crippen LogP contribution in [0.1, 0.15) is 71.6 Å². The lowest BCUT2D eigenvalue weighted by molar-refractivity contribution is -0.146. The number of ether oxygens (including phenoxy) is 1. The Labute approximate surface area is 145 Å². The first kappa shape index (κ1) is 18.2. The average molecular weight is 340 g/mol. The van der Waals surface area contributed by atoms with Gasteiger partial charge in [-0.15, -0.1) is 0 Å². The predicted octanol–water partition coefficient (Wildman–Crippen LogP) is 4.27. The van der Waals surface area contributed by atoms with Crippen LogP contribution >= 0.6 is 0 Å². The van der Waals surface area contributed by atoms with Crippen LogP contribution in [0, 0.1) is 29.1 Å². The quantitative estimate of drug-likeness (QED) is 0.780. The van der Waals surface area contributed by atoms with Crippen molar-refractivity contribution in [1.29, 1.82) is 0 Å². The second-order valence-electron chi connectivity index (χ2n) is 9.02. The fraction of sp³-hybridized carbons (Fsp3) is 0.950. The molecule has 0 aromatic carbocycles. The van der Waals surface area contributed by atoms with Crippen molar-refractivity contribution in [2.24, 2.45) is 29.1 Å². The third-order valence-electron chi connectivity index (χ3n) is 7.84. The van der Waals surface area contributed by atoms with Crippen LogP contribution in [-0.2, 0) is 9.53 Å². The third-order valence-corrected chi connectivity index (χ3v) is 7.84. The van der Waals surface area contributed by atoms with Crippen LogP contribution in [0.15, 0.2) is 0 Å². The standard InChI is InChI=1S/C20H33FO3/c1-19-10-8-14(22)12-13(19)4-5-15-16(19)9-11-20(2,21)17(15)6-7-18(23)24-3/h13-17,22H,4-12H2,1-3H3/t13-,14-,15+,16-,17-,19-,20?/m0/s1. The molecule has 0 amide bonds. The van der Waals surface area contributed by atoms with Crippen molar-refractivity contribution in [2.45, 2.75) is 83.4 Å². The van der Waals surface area contributed by atoms with Crippen LogP contribution in [-0.4, -0.2) is 30.0 Å². The van der Waals surface area contributed by atoms with E-state index >= 15 is 4.39 Å². The second kappa shape index (κ2) is 6.59. The van der Waals surface area contributed by atoms with Gasteiger partial charge in [0.25, 0.3) is 0 Å². The van der Waals surface area contributed by atoms with Crippen molar-refractivity contribution >= 4 is 5.97 Å². The maximum absolute atomic E-state index is 15.3. The highest BCUT2D eigenvalue weighted by atomic mass is 19.1. The van der Waals surface area contributed by atoms with E-state index in [9.17, 15) is 9.90 Å². The summed E-state index contributed by atoms with van der Waals surface area (Å²) in [5.74, 6) is 1.21. The van der Waals surface area contributed by atoms with Gasteiger partial charge < -0.3 is 9.84 Å². The summed E-state index contributed by atoms with van der Waals surface area (Å²) in [7, 11) is 1.40. The number of rotatable bonds is 3. The molecular weight excluding hydrogens is 307 g/mol. The molecule has 3 saturated carbocycles. The first-order valence-electron chi connectivity index (χ1n) is 9.71. The Kier molecular flexibility index (Phi) is 4.98. The minimum Gasteiger partial charge on any atom is -0.469 e. The van der Waals surface area contributed by atoms with Crippen LogP contribution in [0.4, 0.5) is 4.39 Å². The van der Waals surface area contributed by atoms with Crippen molar-refractivity contribution in [3.05, 3.63) is 0 Å². The fourth-order valence-corrected chi connectivity index (χ4v) is 6.40. The summed E-state index contributed by atoms with van der Waals surface area (Å²) in [6.07, 6.45) is 7.34. The molecule has 3 aliphatic rings. The van der Waals surface area contributed by atoms with Crippen molar-refractivity contribution in [3.8, 4) is 0 Å². The van der Waals surface area contributed by atoms with Gasteiger partial charge in [-0.2, -0.15) is 0 Å². The molecule has 3 rings (SSSR count). The molecule has 0 spiro atoms. The number of halogens is 1. The Morgan fingerprint density at radius 1 is 1.21 bits per heavy atom. The van der Waals surface area contributed by atoms with Gasteiger partial charge in [-0.3, -0.25) is 4.79 Å². The summed E-state index contributed by atoms with van der Waals surface area (Å²) in [5, 5.41) is 10.1. The second-order valence-corrected chi connectivity index (χ2v) is 9.02. The number of methoxy groups -OCH3 is 1. The van der Waals surface area contributed by atoms with Gasteiger partial charge >= 0.3 is 5.97 Å². The zero-order chi connectivity index (χ0) is 17.5. The van der Waals surface area contributed by atoms with Crippen LogP contribution in [0.2, 0.25) is 0 Å². The molecule has 0 saturated heterocycles. The molecule has 4 heteroatoms. The van der Waals surface area contributed by atoms with Gasteiger partial charge in [0.1, 0.15) is 5.67 Å². The van der Waals surface area contributed by atoms with Gasteiger partial charge in [0.2, 0.25) is 0 Å². The summed E-state index contributed by atoms with van der Waals surface area (Å²) in [5.41, 5.74) is -0.936. The fourth-order valence-electron chi connectivity index (χ4n) is 6.40. The summed E-state index contributed by atoms with van der Waals surface area (Å²) < 4.78 is 20.1. The molecule has 0 heterocycles. The van der Waals surface area contributed by atoms with Gasteiger partial charge in [-0.1, -0.05) is 6.92 Å². The largest absolute Gasteiger partial charge is 0.469 e. The van der Waals surface area contributed by atoms with E-state index in [0.29, 0.717) is 37.0 Å². The van der Waals surface area contributed by atoms with Gasteiger partial charge in [0.15, 0.2) is 0 Å². The molecule has 24 heavy (non-hydrogen) atoms. The number of hydrogen-bond acceptors (Lipinski definition) is 3. The number of alkyl halides is 1. The van der Waals surface area contributed by atoms with Gasteiger partial charge in [0.05, 0.1) is 13.2 Å². The molecule has 138 valence electrons. The van der Waals surface area contributed by atoms with Crippen LogP contribution in [0.25, 0.3) is 0 Å². The van der Waals surface area contributed by atoms with Crippen molar-refractivity contribution < 1.29 is 19.0 Å². The zero-order valence-electron chi connectivity index (χ0n) is 15.4. The molecule has 7 atom stereocenters. The Morgan fingerprint density at radius 3 is 2.67 bits per heavy atom. The van der Waals surface area contributed by atoms with E-state index in [0.717, 1.165) is 38.5 Å². The Morgan fingerprint density at radius 2 is 1.96 bits per heavy atom. The minimum atomic E-state index is -1.17.